The second-order valence-electron chi connectivity index (χ2n) is 5.32. The number of hydrogen-bond acceptors (Lipinski definition) is 1. The van der Waals surface area contributed by atoms with Crippen molar-refractivity contribution < 1.29 is 0 Å². The van der Waals surface area contributed by atoms with Gasteiger partial charge in [0.1, 0.15) is 0 Å². The lowest BCUT2D eigenvalue weighted by Gasteiger charge is -2.25. The van der Waals surface area contributed by atoms with Crippen LogP contribution >= 0.6 is 27.7 Å². The van der Waals surface area contributed by atoms with E-state index in [2.05, 4.69) is 58.9 Å². The van der Waals surface area contributed by atoms with Gasteiger partial charge in [0.2, 0.25) is 0 Å². The molecule has 1 saturated carbocycles. The van der Waals surface area contributed by atoms with Crippen molar-refractivity contribution in [2.24, 2.45) is 5.41 Å². The van der Waals surface area contributed by atoms with Crippen LogP contribution in [-0.2, 0) is 5.75 Å². The van der Waals surface area contributed by atoms with Crippen molar-refractivity contribution in [2.75, 3.05) is 11.1 Å². The number of thioether (sulfide) groups is 1. The fraction of sp³-hybridized carbons (Fsp3) is 0.600. The number of rotatable bonds is 5. The molecule has 1 aromatic carbocycles. The van der Waals surface area contributed by atoms with E-state index in [0.29, 0.717) is 5.41 Å². The van der Waals surface area contributed by atoms with Gasteiger partial charge in [-0.3, -0.25) is 0 Å². The van der Waals surface area contributed by atoms with Crippen LogP contribution in [-0.4, -0.2) is 11.1 Å². The zero-order valence-corrected chi connectivity index (χ0v) is 12.9. The van der Waals surface area contributed by atoms with Crippen molar-refractivity contribution in [3.63, 3.8) is 0 Å². The van der Waals surface area contributed by atoms with Crippen molar-refractivity contribution in [3.05, 3.63) is 35.4 Å². The van der Waals surface area contributed by atoms with E-state index < -0.39 is 0 Å². The first kappa shape index (κ1) is 13.5. The lowest BCUT2D eigenvalue weighted by atomic mass is 9.92. The van der Waals surface area contributed by atoms with E-state index in [1.807, 2.05) is 0 Å². The summed E-state index contributed by atoms with van der Waals surface area (Å²) in [5.41, 5.74) is 3.44. The molecule has 0 aliphatic heterocycles. The number of aryl methyl sites for hydroxylation is 1. The predicted octanol–water partition coefficient (Wildman–Crippen LogP) is 5.18. The van der Waals surface area contributed by atoms with E-state index in [-0.39, 0.29) is 0 Å². The van der Waals surface area contributed by atoms with Crippen LogP contribution in [0.2, 0.25) is 0 Å². The summed E-state index contributed by atoms with van der Waals surface area (Å²) in [6, 6.07) is 8.89. The molecule has 0 heterocycles. The van der Waals surface area contributed by atoms with E-state index in [9.17, 15) is 0 Å². The molecule has 1 fully saturated rings. The molecule has 0 saturated heterocycles. The van der Waals surface area contributed by atoms with E-state index >= 15 is 0 Å². The van der Waals surface area contributed by atoms with Gasteiger partial charge in [-0.15, -0.1) is 0 Å². The average Bonchev–Trinajstić information content (AvgIpc) is 2.79. The lowest BCUT2D eigenvalue weighted by molar-refractivity contribution is 0.405. The van der Waals surface area contributed by atoms with Crippen molar-refractivity contribution in [3.8, 4) is 0 Å². The Balaban J connectivity index is 1.82. The van der Waals surface area contributed by atoms with Gasteiger partial charge in [-0.2, -0.15) is 11.8 Å². The second kappa shape index (κ2) is 6.29. The van der Waals surface area contributed by atoms with Crippen LogP contribution in [0, 0.1) is 12.3 Å². The number of benzene rings is 1. The SMILES string of the molecule is Cc1cccc(CSCC2(CBr)CCCC2)c1. The van der Waals surface area contributed by atoms with E-state index in [1.165, 1.54) is 47.9 Å². The highest BCUT2D eigenvalue weighted by Crippen LogP contribution is 2.42. The quantitative estimate of drug-likeness (QED) is 0.675. The molecule has 17 heavy (non-hydrogen) atoms. The minimum atomic E-state index is 0.592. The molecular weight excluding hydrogens is 292 g/mol. The largest absolute Gasteiger partial charge is 0.157 e. The van der Waals surface area contributed by atoms with E-state index in [4.69, 9.17) is 0 Å². The average molecular weight is 313 g/mol. The maximum atomic E-state index is 3.72. The first-order chi connectivity index (χ1) is 8.24. The van der Waals surface area contributed by atoms with Gasteiger partial charge in [0, 0.05) is 16.8 Å². The molecule has 0 atom stereocenters. The summed E-state index contributed by atoms with van der Waals surface area (Å²) in [5.74, 6) is 2.47. The van der Waals surface area contributed by atoms with Crippen LogP contribution in [0.3, 0.4) is 0 Å². The maximum Gasteiger partial charge on any atom is 0.0184 e. The zero-order chi connectivity index (χ0) is 12.1. The first-order valence-electron chi connectivity index (χ1n) is 6.43. The topological polar surface area (TPSA) is 0 Å². The molecular formula is C15H21BrS. The number of alkyl halides is 1. The maximum absolute atomic E-state index is 3.72. The second-order valence-corrected chi connectivity index (χ2v) is 6.87. The third kappa shape index (κ3) is 3.75. The minimum absolute atomic E-state index is 0.592. The Morgan fingerprint density at radius 1 is 1.29 bits per heavy atom. The van der Waals surface area contributed by atoms with Crippen LogP contribution < -0.4 is 0 Å². The molecule has 0 unspecified atom stereocenters. The summed E-state index contributed by atoms with van der Waals surface area (Å²) < 4.78 is 0. The highest BCUT2D eigenvalue weighted by atomic mass is 79.9. The molecule has 0 N–H and O–H groups in total. The minimum Gasteiger partial charge on any atom is -0.157 e. The molecule has 1 aliphatic rings. The van der Waals surface area contributed by atoms with Crippen LogP contribution in [0.1, 0.15) is 36.8 Å². The Bertz CT molecular complexity index is 356. The molecule has 0 aromatic heterocycles. The molecule has 0 bridgehead atoms. The standard InChI is InChI=1S/C15H21BrS/c1-13-5-4-6-14(9-13)10-17-12-15(11-16)7-2-3-8-15/h4-6,9H,2-3,7-8,10-12H2,1H3. The Labute approximate surface area is 118 Å². The van der Waals surface area contributed by atoms with Gasteiger partial charge in [-0.1, -0.05) is 58.6 Å². The lowest BCUT2D eigenvalue weighted by Crippen LogP contribution is -2.21. The molecule has 0 nitrogen and oxygen atoms in total. The third-order valence-corrected chi connectivity index (χ3v) is 6.25. The zero-order valence-electron chi connectivity index (χ0n) is 10.5. The van der Waals surface area contributed by atoms with Gasteiger partial charge in [-0.05, 0) is 30.7 Å². The normalized spacial score (nSPS) is 18.5. The molecule has 1 aliphatic carbocycles. The summed E-state index contributed by atoms with van der Waals surface area (Å²) >= 11 is 5.82. The molecule has 94 valence electrons. The summed E-state index contributed by atoms with van der Waals surface area (Å²) in [6.45, 7) is 2.17. The van der Waals surface area contributed by atoms with Crippen molar-refractivity contribution >= 4 is 27.7 Å². The van der Waals surface area contributed by atoms with Crippen molar-refractivity contribution in [2.45, 2.75) is 38.4 Å². The van der Waals surface area contributed by atoms with Crippen LogP contribution in [0.25, 0.3) is 0 Å². The highest BCUT2D eigenvalue weighted by Gasteiger charge is 2.32. The number of halogens is 1. The fourth-order valence-corrected chi connectivity index (χ4v) is 4.99. The Kier molecular flexibility index (Phi) is 4.98. The van der Waals surface area contributed by atoms with Gasteiger partial charge in [-0.25, -0.2) is 0 Å². The summed E-state index contributed by atoms with van der Waals surface area (Å²) in [5, 5.41) is 1.18. The van der Waals surface area contributed by atoms with Crippen LogP contribution in [0.15, 0.2) is 24.3 Å². The van der Waals surface area contributed by atoms with Gasteiger partial charge < -0.3 is 0 Å². The van der Waals surface area contributed by atoms with Gasteiger partial charge in [0.25, 0.3) is 0 Å². The van der Waals surface area contributed by atoms with Gasteiger partial charge >= 0.3 is 0 Å². The molecule has 1 aromatic rings. The fourth-order valence-electron chi connectivity index (χ4n) is 2.63. The Morgan fingerprint density at radius 3 is 2.71 bits per heavy atom. The van der Waals surface area contributed by atoms with E-state index in [1.54, 1.807) is 0 Å². The Hall–Kier alpha value is 0.0500. The summed E-state index contributed by atoms with van der Waals surface area (Å²) in [4.78, 5) is 0. The monoisotopic (exact) mass is 312 g/mol. The molecule has 0 spiro atoms. The van der Waals surface area contributed by atoms with Crippen LogP contribution in [0.4, 0.5) is 0 Å². The van der Waals surface area contributed by atoms with E-state index in [0.717, 1.165) is 5.75 Å². The van der Waals surface area contributed by atoms with Gasteiger partial charge in [0.15, 0.2) is 0 Å². The summed E-state index contributed by atoms with van der Waals surface area (Å²) in [6.07, 6.45) is 5.69. The van der Waals surface area contributed by atoms with Gasteiger partial charge in [0.05, 0.1) is 0 Å². The number of hydrogen-bond donors (Lipinski definition) is 0. The molecule has 0 radical (unpaired) electrons. The predicted molar refractivity (Wildman–Crippen MR) is 82.0 cm³/mol. The van der Waals surface area contributed by atoms with Crippen molar-refractivity contribution in [1.29, 1.82) is 0 Å². The highest BCUT2D eigenvalue weighted by molar-refractivity contribution is 9.09. The van der Waals surface area contributed by atoms with Crippen LogP contribution in [0.5, 0.6) is 0 Å². The smallest absolute Gasteiger partial charge is 0.0184 e. The molecule has 2 heteroatoms. The first-order valence-corrected chi connectivity index (χ1v) is 8.71. The molecule has 2 rings (SSSR count). The molecule has 0 amide bonds. The third-order valence-electron chi connectivity index (χ3n) is 3.71. The Morgan fingerprint density at radius 2 is 2.06 bits per heavy atom. The summed E-state index contributed by atoms with van der Waals surface area (Å²) in [7, 11) is 0. The van der Waals surface area contributed by atoms with Crippen molar-refractivity contribution in [1.82, 2.24) is 0 Å².